The molecule has 0 fully saturated rings. The summed E-state index contributed by atoms with van der Waals surface area (Å²) in [4.78, 5) is 12.0. The highest BCUT2D eigenvalue weighted by molar-refractivity contribution is 7.95. The Hall–Kier alpha value is -2.22. The van der Waals surface area contributed by atoms with Crippen LogP contribution in [0.15, 0.2) is 69.0 Å². The van der Waals surface area contributed by atoms with Gasteiger partial charge in [-0.3, -0.25) is 5.32 Å². The number of urea groups is 1. The van der Waals surface area contributed by atoms with Crippen molar-refractivity contribution in [2.75, 3.05) is 12.4 Å². The molecule has 0 bridgehead atoms. The third kappa shape index (κ3) is 4.88. The van der Waals surface area contributed by atoms with E-state index in [2.05, 4.69) is 10.6 Å². The van der Waals surface area contributed by atoms with Crippen LogP contribution >= 0.6 is 23.2 Å². The van der Waals surface area contributed by atoms with Crippen molar-refractivity contribution >= 4 is 44.8 Å². The number of halogens is 2. The van der Waals surface area contributed by atoms with Crippen molar-refractivity contribution in [3.05, 3.63) is 64.1 Å². The van der Waals surface area contributed by atoms with Gasteiger partial charge in [0.25, 0.3) is 0 Å². The number of sulfone groups is 1. The number of carbonyl (C=O) groups is 1. The predicted molar refractivity (Wildman–Crippen MR) is 97.5 cm³/mol. The maximum atomic E-state index is 12.6. The minimum atomic E-state index is -4.07. The molecule has 6 nitrogen and oxygen atoms in total. The summed E-state index contributed by atoms with van der Waals surface area (Å²) >= 11 is 11.3. The summed E-state index contributed by atoms with van der Waals surface area (Å²) in [5.41, 5.74) is 0.431. The standard InChI is InChI=1S/C16H14Cl2N2O4S/c1-24-12-9-7-11(8-10-12)19-16(21)20-15(14(17)18)25(22,23)13-5-3-2-4-6-13/h2-10H,1H3,(H2,19,20,21). The fraction of sp³-hybridized carbons (Fsp3) is 0.0625. The molecule has 0 atom stereocenters. The van der Waals surface area contributed by atoms with Crippen LogP contribution in [0.1, 0.15) is 0 Å². The summed E-state index contributed by atoms with van der Waals surface area (Å²) in [5.74, 6) is 0.613. The molecule has 25 heavy (non-hydrogen) atoms. The van der Waals surface area contributed by atoms with Crippen LogP contribution in [-0.4, -0.2) is 21.6 Å². The summed E-state index contributed by atoms with van der Waals surface area (Å²) in [7, 11) is -2.56. The Balaban J connectivity index is 2.19. The summed E-state index contributed by atoms with van der Waals surface area (Å²) in [6.45, 7) is 0. The molecule has 0 saturated carbocycles. The Morgan fingerprint density at radius 2 is 1.60 bits per heavy atom. The van der Waals surface area contributed by atoms with Gasteiger partial charge in [0.05, 0.1) is 12.0 Å². The Morgan fingerprint density at radius 1 is 1.00 bits per heavy atom. The van der Waals surface area contributed by atoms with Gasteiger partial charge in [0.2, 0.25) is 9.84 Å². The number of benzene rings is 2. The molecule has 0 heterocycles. The van der Waals surface area contributed by atoms with Crippen LogP contribution in [0.3, 0.4) is 0 Å². The first-order chi connectivity index (χ1) is 11.8. The lowest BCUT2D eigenvalue weighted by atomic mass is 10.3. The zero-order valence-electron chi connectivity index (χ0n) is 13.0. The first-order valence-electron chi connectivity index (χ1n) is 6.92. The van der Waals surface area contributed by atoms with E-state index >= 15 is 0 Å². The second-order valence-electron chi connectivity index (χ2n) is 4.71. The molecular formula is C16H14Cl2N2O4S. The topological polar surface area (TPSA) is 84.5 Å². The smallest absolute Gasteiger partial charge is 0.324 e. The predicted octanol–water partition coefficient (Wildman–Crippen LogP) is 3.89. The van der Waals surface area contributed by atoms with E-state index in [0.29, 0.717) is 11.4 Å². The Kier molecular flexibility index (Phi) is 6.30. The number of methoxy groups -OCH3 is 1. The second-order valence-corrected chi connectivity index (χ2v) is 7.55. The maximum Gasteiger partial charge on any atom is 0.324 e. The van der Waals surface area contributed by atoms with Gasteiger partial charge in [0.1, 0.15) is 10.2 Å². The van der Waals surface area contributed by atoms with Gasteiger partial charge in [-0.05, 0) is 36.4 Å². The molecule has 0 spiro atoms. The van der Waals surface area contributed by atoms with Crippen LogP contribution < -0.4 is 15.4 Å². The van der Waals surface area contributed by atoms with E-state index in [0.717, 1.165) is 0 Å². The van der Waals surface area contributed by atoms with Crippen molar-refractivity contribution in [2.24, 2.45) is 0 Å². The molecule has 0 aliphatic heterocycles. The van der Waals surface area contributed by atoms with Gasteiger partial charge in [-0.1, -0.05) is 41.4 Å². The van der Waals surface area contributed by atoms with E-state index in [4.69, 9.17) is 27.9 Å². The lowest BCUT2D eigenvalue weighted by molar-refractivity contribution is 0.254. The molecule has 0 aliphatic rings. The summed E-state index contributed by atoms with van der Waals surface area (Å²) < 4.78 is 29.6. The zero-order chi connectivity index (χ0) is 18.4. The van der Waals surface area contributed by atoms with Crippen molar-refractivity contribution in [1.82, 2.24) is 5.32 Å². The highest BCUT2D eigenvalue weighted by atomic mass is 35.5. The molecule has 0 aromatic heterocycles. The van der Waals surface area contributed by atoms with Crippen molar-refractivity contribution in [1.29, 1.82) is 0 Å². The van der Waals surface area contributed by atoms with Crippen molar-refractivity contribution in [3.8, 4) is 5.75 Å². The molecule has 2 aromatic rings. The van der Waals surface area contributed by atoms with E-state index in [9.17, 15) is 13.2 Å². The Morgan fingerprint density at radius 3 is 2.12 bits per heavy atom. The van der Waals surface area contributed by atoms with Crippen LogP contribution in [0.2, 0.25) is 0 Å². The molecule has 2 amide bonds. The quantitative estimate of drug-likeness (QED) is 0.796. The molecule has 2 N–H and O–H groups in total. The van der Waals surface area contributed by atoms with Gasteiger partial charge >= 0.3 is 6.03 Å². The van der Waals surface area contributed by atoms with Gasteiger partial charge in [-0.15, -0.1) is 0 Å². The minimum Gasteiger partial charge on any atom is -0.497 e. The first kappa shape index (κ1) is 19.1. The van der Waals surface area contributed by atoms with Crippen molar-refractivity contribution < 1.29 is 17.9 Å². The molecular weight excluding hydrogens is 387 g/mol. The monoisotopic (exact) mass is 400 g/mol. The number of hydrogen-bond donors (Lipinski definition) is 2. The molecule has 2 rings (SSSR count). The van der Waals surface area contributed by atoms with Crippen LogP contribution in [0.4, 0.5) is 10.5 Å². The highest BCUT2D eigenvalue weighted by Gasteiger charge is 2.25. The van der Waals surface area contributed by atoms with Crippen LogP contribution in [-0.2, 0) is 9.84 Å². The number of nitrogens with one attached hydrogen (secondary N) is 2. The average Bonchev–Trinajstić information content (AvgIpc) is 2.60. The highest BCUT2D eigenvalue weighted by Crippen LogP contribution is 2.24. The van der Waals surface area contributed by atoms with Gasteiger partial charge in [-0.25, -0.2) is 13.2 Å². The largest absolute Gasteiger partial charge is 0.497 e. The van der Waals surface area contributed by atoms with Crippen LogP contribution in [0, 0.1) is 0 Å². The first-order valence-corrected chi connectivity index (χ1v) is 9.16. The molecule has 0 aliphatic carbocycles. The third-order valence-electron chi connectivity index (χ3n) is 3.07. The van der Waals surface area contributed by atoms with E-state index in [1.165, 1.54) is 19.2 Å². The fourth-order valence-electron chi connectivity index (χ4n) is 1.87. The molecule has 0 radical (unpaired) electrons. The van der Waals surface area contributed by atoms with Crippen molar-refractivity contribution in [3.63, 3.8) is 0 Å². The molecule has 9 heteroatoms. The van der Waals surface area contributed by atoms with Crippen molar-refractivity contribution in [2.45, 2.75) is 4.90 Å². The number of carbonyl (C=O) groups excluding carboxylic acids is 1. The number of anilines is 1. The zero-order valence-corrected chi connectivity index (χ0v) is 15.3. The normalized spacial score (nSPS) is 10.7. The van der Waals surface area contributed by atoms with E-state index < -0.39 is 25.4 Å². The molecule has 2 aromatic carbocycles. The lowest BCUT2D eigenvalue weighted by Gasteiger charge is -2.12. The molecule has 0 saturated heterocycles. The van der Waals surface area contributed by atoms with Gasteiger partial charge in [0, 0.05) is 5.69 Å². The summed E-state index contributed by atoms with van der Waals surface area (Å²) in [6.07, 6.45) is 0. The molecule has 0 unspecified atom stereocenters. The van der Waals surface area contributed by atoms with Gasteiger partial charge in [0.15, 0.2) is 5.03 Å². The summed E-state index contributed by atoms with van der Waals surface area (Å²) in [6, 6.07) is 13.2. The summed E-state index contributed by atoms with van der Waals surface area (Å²) in [5, 5.41) is 4.06. The van der Waals surface area contributed by atoms with E-state index in [1.807, 2.05) is 0 Å². The Labute approximate surface area is 155 Å². The van der Waals surface area contributed by atoms with E-state index in [1.54, 1.807) is 42.5 Å². The van der Waals surface area contributed by atoms with Crippen LogP contribution in [0.25, 0.3) is 0 Å². The average molecular weight is 401 g/mol. The minimum absolute atomic E-state index is 0.0476. The third-order valence-corrected chi connectivity index (χ3v) is 5.41. The number of hydrogen-bond acceptors (Lipinski definition) is 4. The van der Waals surface area contributed by atoms with Gasteiger partial charge in [-0.2, -0.15) is 0 Å². The van der Waals surface area contributed by atoms with Gasteiger partial charge < -0.3 is 10.1 Å². The Bertz CT molecular complexity index is 878. The number of ether oxygens (including phenoxy) is 1. The lowest BCUT2D eigenvalue weighted by Crippen LogP contribution is -2.32. The number of amides is 2. The molecule has 132 valence electrons. The second kappa shape index (κ2) is 8.24. The fourth-order valence-corrected chi connectivity index (χ4v) is 3.76. The SMILES string of the molecule is COc1ccc(NC(=O)NC(=C(Cl)Cl)S(=O)(=O)c2ccccc2)cc1. The maximum absolute atomic E-state index is 12.6. The van der Waals surface area contributed by atoms with E-state index in [-0.39, 0.29) is 4.90 Å². The van der Waals surface area contributed by atoms with Crippen LogP contribution in [0.5, 0.6) is 5.75 Å². The number of rotatable bonds is 5.